The van der Waals surface area contributed by atoms with Crippen LogP contribution in [0.4, 0.5) is 0 Å². The van der Waals surface area contributed by atoms with Crippen LogP contribution < -0.4 is 4.87 Å². The zero-order valence-corrected chi connectivity index (χ0v) is 13.6. The maximum Gasteiger partial charge on any atom is 0.307 e. The average molecular weight is 320 g/mol. The van der Waals surface area contributed by atoms with Gasteiger partial charge in [-0.1, -0.05) is 41.7 Å². The highest BCUT2D eigenvalue weighted by molar-refractivity contribution is 7.09. The van der Waals surface area contributed by atoms with Gasteiger partial charge in [0.25, 0.3) is 0 Å². The van der Waals surface area contributed by atoms with Crippen LogP contribution in [0.5, 0.6) is 0 Å². The topological polar surface area (TPSA) is 62.4 Å². The van der Waals surface area contributed by atoms with E-state index in [1.165, 1.54) is 11.3 Å². The summed E-state index contributed by atoms with van der Waals surface area (Å²) in [6.07, 6.45) is 0.352. The fourth-order valence-electron chi connectivity index (χ4n) is 2.15. The second kappa shape index (κ2) is 7.91. The summed E-state index contributed by atoms with van der Waals surface area (Å²) in [7, 11) is 1.93. The van der Waals surface area contributed by atoms with E-state index in [4.69, 9.17) is 4.74 Å². The molecule has 5 nitrogen and oxygen atoms in total. The Morgan fingerprint density at radius 3 is 2.73 bits per heavy atom. The summed E-state index contributed by atoms with van der Waals surface area (Å²) >= 11 is 1.21. The number of hydrogen-bond acceptors (Lipinski definition) is 5. The number of thiazole rings is 1. The van der Waals surface area contributed by atoms with E-state index in [1.54, 1.807) is 6.92 Å². The first kappa shape index (κ1) is 16.5. The monoisotopic (exact) mass is 320 g/mol. The number of hydrogen-bond donors (Lipinski definition) is 1. The van der Waals surface area contributed by atoms with Crippen molar-refractivity contribution in [3.63, 3.8) is 0 Å². The molecule has 1 aromatic carbocycles. The van der Waals surface area contributed by atoms with Crippen LogP contribution in [0.2, 0.25) is 0 Å². The zero-order valence-electron chi connectivity index (χ0n) is 12.8. The van der Waals surface area contributed by atoms with Crippen LogP contribution in [0, 0.1) is 0 Å². The lowest BCUT2D eigenvalue weighted by atomic mass is 10.1. The molecule has 1 heterocycles. The first-order chi connectivity index (χ1) is 10.6. The van der Waals surface area contributed by atoms with E-state index < -0.39 is 0 Å². The zero-order chi connectivity index (χ0) is 15.9. The number of nitrogens with one attached hydrogen (secondary N) is 1. The summed E-state index contributed by atoms with van der Waals surface area (Å²) in [4.78, 5) is 28.9. The Kier molecular flexibility index (Phi) is 5.91. The fourth-order valence-corrected chi connectivity index (χ4v) is 3.08. The smallest absolute Gasteiger partial charge is 0.307 e. The maximum absolute atomic E-state index is 11.7. The molecule has 1 N–H and O–H groups in total. The average Bonchev–Trinajstić information content (AvgIpc) is 2.87. The molecule has 0 saturated carbocycles. The van der Waals surface area contributed by atoms with Crippen LogP contribution >= 0.6 is 11.3 Å². The summed E-state index contributed by atoms with van der Waals surface area (Å²) in [5, 5.41) is 0. The molecule has 0 saturated heterocycles. The number of benzene rings is 1. The minimum Gasteiger partial charge on any atom is -0.466 e. The Bertz CT molecular complexity index is 664. The number of nitrogens with zero attached hydrogens (tertiary/aromatic N) is 1. The normalized spacial score (nSPS) is 10.9. The van der Waals surface area contributed by atoms with Gasteiger partial charge < -0.3 is 14.6 Å². The van der Waals surface area contributed by atoms with E-state index in [0.717, 1.165) is 16.1 Å². The van der Waals surface area contributed by atoms with E-state index >= 15 is 0 Å². The number of carbonyl (C=O) groups excluding carboxylic acids is 1. The van der Waals surface area contributed by atoms with Gasteiger partial charge in [0, 0.05) is 18.0 Å². The predicted octanol–water partition coefficient (Wildman–Crippen LogP) is 2.49. The standard InChI is InChI=1S/C16H20N2O3S/c1-3-21-14(19)9-10-18(2)11-13-15(17-16(20)22-13)12-7-5-4-6-8-12/h4-8H,3,9-11H2,1-2H3,(H,17,20). The van der Waals surface area contributed by atoms with Crippen molar-refractivity contribution in [2.75, 3.05) is 20.2 Å². The molecule has 0 amide bonds. The van der Waals surface area contributed by atoms with Crippen molar-refractivity contribution in [1.29, 1.82) is 0 Å². The number of carbonyl (C=O) groups is 1. The highest BCUT2D eigenvalue weighted by Crippen LogP contribution is 2.23. The van der Waals surface area contributed by atoms with Crippen LogP contribution in [-0.2, 0) is 16.1 Å². The second-order valence-electron chi connectivity index (χ2n) is 4.97. The summed E-state index contributed by atoms with van der Waals surface area (Å²) in [6, 6.07) is 9.78. The molecular formula is C16H20N2O3S. The fraction of sp³-hybridized carbons (Fsp3) is 0.375. The lowest BCUT2D eigenvalue weighted by molar-refractivity contribution is -0.143. The van der Waals surface area contributed by atoms with Crippen LogP contribution in [0.15, 0.2) is 35.1 Å². The molecule has 6 heteroatoms. The largest absolute Gasteiger partial charge is 0.466 e. The molecule has 22 heavy (non-hydrogen) atoms. The molecule has 0 unspecified atom stereocenters. The van der Waals surface area contributed by atoms with E-state index in [9.17, 15) is 9.59 Å². The summed E-state index contributed by atoms with van der Waals surface area (Å²) in [5.41, 5.74) is 1.85. The minimum atomic E-state index is -0.195. The molecule has 0 spiro atoms. The van der Waals surface area contributed by atoms with E-state index in [0.29, 0.717) is 26.1 Å². The molecule has 118 valence electrons. The van der Waals surface area contributed by atoms with Crippen molar-refractivity contribution < 1.29 is 9.53 Å². The lowest BCUT2D eigenvalue weighted by Gasteiger charge is -2.15. The van der Waals surface area contributed by atoms with Gasteiger partial charge in [0.05, 0.1) is 18.7 Å². The van der Waals surface area contributed by atoms with Gasteiger partial charge in [0.15, 0.2) is 0 Å². The number of aromatic nitrogens is 1. The molecule has 0 fully saturated rings. The third-order valence-corrected chi connectivity index (χ3v) is 4.07. The predicted molar refractivity (Wildman–Crippen MR) is 88.0 cm³/mol. The summed E-state index contributed by atoms with van der Waals surface area (Å²) in [5.74, 6) is -0.195. The highest BCUT2D eigenvalue weighted by Gasteiger charge is 2.13. The number of aromatic amines is 1. The Hall–Kier alpha value is -1.92. The first-order valence-electron chi connectivity index (χ1n) is 7.21. The number of esters is 1. The Morgan fingerprint density at radius 2 is 2.05 bits per heavy atom. The molecule has 1 aromatic heterocycles. The van der Waals surface area contributed by atoms with Crippen LogP contribution in [0.1, 0.15) is 18.2 Å². The third kappa shape index (κ3) is 4.54. The van der Waals surface area contributed by atoms with Gasteiger partial charge >= 0.3 is 10.8 Å². The van der Waals surface area contributed by atoms with Crippen LogP contribution in [0.25, 0.3) is 11.3 Å². The van der Waals surface area contributed by atoms with Crippen molar-refractivity contribution in [1.82, 2.24) is 9.88 Å². The van der Waals surface area contributed by atoms with Crippen molar-refractivity contribution in [2.45, 2.75) is 19.9 Å². The van der Waals surface area contributed by atoms with Gasteiger partial charge in [-0.2, -0.15) is 0 Å². The Morgan fingerprint density at radius 1 is 1.32 bits per heavy atom. The Labute approximate surface area is 133 Å². The first-order valence-corrected chi connectivity index (χ1v) is 8.03. The van der Waals surface area contributed by atoms with E-state index in [2.05, 4.69) is 4.98 Å². The van der Waals surface area contributed by atoms with Gasteiger partial charge in [-0.25, -0.2) is 0 Å². The third-order valence-electron chi connectivity index (χ3n) is 3.20. The highest BCUT2D eigenvalue weighted by atomic mass is 32.1. The summed E-state index contributed by atoms with van der Waals surface area (Å²) < 4.78 is 4.92. The van der Waals surface area contributed by atoms with Gasteiger partial charge in [0.2, 0.25) is 0 Å². The second-order valence-corrected chi connectivity index (χ2v) is 6.04. The van der Waals surface area contributed by atoms with E-state index in [-0.39, 0.29) is 10.8 Å². The molecule has 0 aliphatic rings. The van der Waals surface area contributed by atoms with Crippen molar-refractivity contribution >= 4 is 17.3 Å². The lowest BCUT2D eigenvalue weighted by Crippen LogP contribution is -2.22. The molecule has 2 rings (SSSR count). The summed E-state index contributed by atoms with van der Waals surface area (Å²) in [6.45, 7) is 3.41. The van der Waals surface area contributed by atoms with Gasteiger partial charge in [-0.3, -0.25) is 9.59 Å². The number of ether oxygens (including phenoxy) is 1. The molecular weight excluding hydrogens is 300 g/mol. The van der Waals surface area contributed by atoms with Crippen LogP contribution in [-0.4, -0.2) is 36.1 Å². The SMILES string of the molecule is CCOC(=O)CCN(C)Cc1sc(=O)[nH]c1-c1ccccc1. The molecule has 0 atom stereocenters. The number of H-pyrrole nitrogens is 1. The van der Waals surface area contributed by atoms with Gasteiger partial charge in [0.1, 0.15) is 0 Å². The van der Waals surface area contributed by atoms with E-state index in [1.807, 2.05) is 42.3 Å². The molecule has 2 aromatic rings. The van der Waals surface area contributed by atoms with Gasteiger partial charge in [-0.15, -0.1) is 0 Å². The molecule has 0 aliphatic heterocycles. The van der Waals surface area contributed by atoms with Crippen LogP contribution in [0.3, 0.4) is 0 Å². The molecule has 0 bridgehead atoms. The van der Waals surface area contributed by atoms with Gasteiger partial charge in [-0.05, 0) is 19.5 Å². The maximum atomic E-state index is 11.7. The van der Waals surface area contributed by atoms with Crippen molar-refractivity contribution in [3.05, 3.63) is 44.9 Å². The molecule has 0 radical (unpaired) electrons. The number of rotatable bonds is 7. The van der Waals surface area contributed by atoms with Crippen molar-refractivity contribution in [2.24, 2.45) is 0 Å². The Balaban J connectivity index is 2.04. The quantitative estimate of drug-likeness (QED) is 0.796. The molecule has 0 aliphatic carbocycles. The minimum absolute atomic E-state index is 0.0624. The van der Waals surface area contributed by atoms with Crippen molar-refractivity contribution in [3.8, 4) is 11.3 Å².